The first kappa shape index (κ1) is 18.6. The van der Waals surface area contributed by atoms with E-state index in [0.29, 0.717) is 30.5 Å². The molecular formula is C15H22IN3O3. The molecule has 0 atom stereocenters. The third-order valence-electron chi connectivity index (χ3n) is 3.10. The second-order valence-corrected chi connectivity index (χ2v) is 4.60. The van der Waals surface area contributed by atoms with Crippen molar-refractivity contribution in [3.63, 3.8) is 0 Å². The number of nitrogens with two attached hydrogens (primary N) is 1. The maximum absolute atomic E-state index is 5.91. The van der Waals surface area contributed by atoms with Crippen molar-refractivity contribution in [3.05, 3.63) is 29.8 Å². The van der Waals surface area contributed by atoms with E-state index in [4.69, 9.17) is 19.9 Å². The molecule has 2 rings (SSSR count). The highest BCUT2D eigenvalue weighted by Crippen LogP contribution is 2.28. The molecule has 0 unspecified atom stereocenters. The summed E-state index contributed by atoms with van der Waals surface area (Å²) in [5.74, 6) is 1.72. The lowest BCUT2D eigenvalue weighted by molar-refractivity contribution is 0.150. The first-order valence-corrected chi connectivity index (χ1v) is 6.77. The normalized spacial score (nSPS) is 14.6. The molecule has 1 aliphatic heterocycles. The Labute approximate surface area is 147 Å². The van der Waals surface area contributed by atoms with Crippen molar-refractivity contribution in [2.24, 2.45) is 10.7 Å². The zero-order chi connectivity index (χ0) is 15.1. The number of nitrogens with zero attached hydrogens (tertiary/aromatic N) is 1. The SMILES string of the molecule is COc1ccc(OC)c(NC(N)=NCC2=CCCOC2)c1.I. The molecule has 22 heavy (non-hydrogen) atoms. The van der Waals surface area contributed by atoms with Crippen molar-refractivity contribution in [3.8, 4) is 11.5 Å². The van der Waals surface area contributed by atoms with Gasteiger partial charge in [0.1, 0.15) is 11.5 Å². The standard InChI is InChI=1S/C15H21N3O3.HI/c1-19-12-5-6-14(20-2)13(8-12)18-15(16)17-9-11-4-3-7-21-10-11;/h4-6,8H,3,7,9-10H2,1-2H3,(H3,16,17,18);1H. The highest BCUT2D eigenvalue weighted by molar-refractivity contribution is 14.0. The highest BCUT2D eigenvalue weighted by atomic mass is 127. The summed E-state index contributed by atoms with van der Waals surface area (Å²) in [5.41, 5.74) is 7.77. The van der Waals surface area contributed by atoms with Crippen molar-refractivity contribution in [1.29, 1.82) is 0 Å². The molecule has 1 aromatic carbocycles. The number of nitrogens with one attached hydrogen (secondary N) is 1. The number of ether oxygens (including phenoxy) is 3. The first-order chi connectivity index (χ1) is 10.2. The van der Waals surface area contributed by atoms with Crippen LogP contribution in [0.1, 0.15) is 6.42 Å². The second kappa shape index (κ2) is 9.52. The van der Waals surface area contributed by atoms with Crippen LogP contribution in [0.3, 0.4) is 0 Å². The minimum Gasteiger partial charge on any atom is -0.497 e. The summed E-state index contributed by atoms with van der Waals surface area (Å²) in [4.78, 5) is 4.31. The van der Waals surface area contributed by atoms with Crippen molar-refractivity contribution in [1.82, 2.24) is 0 Å². The number of anilines is 1. The molecular weight excluding hydrogens is 397 g/mol. The van der Waals surface area contributed by atoms with Crippen molar-refractivity contribution in [2.75, 3.05) is 39.3 Å². The number of aliphatic imine (C=N–C) groups is 1. The number of rotatable bonds is 5. The van der Waals surface area contributed by atoms with Gasteiger partial charge in [-0.15, -0.1) is 24.0 Å². The zero-order valence-corrected chi connectivity index (χ0v) is 15.1. The summed E-state index contributed by atoms with van der Waals surface area (Å²) in [7, 11) is 3.21. The number of guanidine groups is 1. The van der Waals surface area contributed by atoms with Gasteiger partial charge in [-0.05, 0) is 24.1 Å². The van der Waals surface area contributed by atoms with E-state index in [2.05, 4.69) is 16.4 Å². The van der Waals surface area contributed by atoms with E-state index in [9.17, 15) is 0 Å². The van der Waals surface area contributed by atoms with Crippen LogP contribution in [0.2, 0.25) is 0 Å². The predicted molar refractivity (Wildman–Crippen MR) is 98.6 cm³/mol. The Kier molecular flexibility index (Phi) is 8.03. The Morgan fingerprint density at radius 1 is 1.36 bits per heavy atom. The molecule has 1 heterocycles. The lowest BCUT2D eigenvalue weighted by Gasteiger charge is -2.14. The Morgan fingerprint density at radius 2 is 2.18 bits per heavy atom. The van der Waals surface area contributed by atoms with Gasteiger partial charge in [0, 0.05) is 6.07 Å². The van der Waals surface area contributed by atoms with Crippen molar-refractivity contribution in [2.45, 2.75) is 6.42 Å². The van der Waals surface area contributed by atoms with E-state index < -0.39 is 0 Å². The predicted octanol–water partition coefficient (Wildman–Crippen LogP) is 2.40. The maximum Gasteiger partial charge on any atom is 0.193 e. The summed E-state index contributed by atoms with van der Waals surface area (Å²) >= 11 is 0. The van der Waals surface area contributed by atoms with Gasteiger partial charge in [0.25, 0.3) is 0 Å². The molecule has 7 heteroatoms. The van der Waals surface area contributed by atoms with Gasteiger partial charge in [-0.1, -0.05) is 6.08 Å². The van der Waals surface area contributed by atoms with E-state index in [0.717, 1.165) is 24.4 Å². The second-order valence-electron chi connectivity index (χ2n) is 4.60. The Morgan fingerprint density at radius 3 is 2.82 bits per heavy atom. The van der Waals surface area contributed by atoms with Gasteiger partial charge in [-0.3, -0.25) is 0 Å². The van der Waals surface area contributed by atoms with Gasteiger partial charge in [-0.2, -0.15) is 0 Å². The maximum atomic E-state index is 5.91. The first-order valence-electron chi connectivity index (χ1n) is 6.77. The van der Waals surface area contributed by atoms with Gasteiger partial charge >= 0.3 is 0 Å². The summed E-state index contributed by atoms with van der Waals surface area (Å²) in [6.07, 6.45) is 3.08. The fraction of sp³-hybridized carbons (Fsp3) is 0.400. The average molecular weight is 419 g/mol. The third kappa shape index (κ3) is 5.38. The van der Waals surface area contributed by atoms with Crippen molar-refractivity contribution < 1.29 is 14.2 Å². The summed E-state index contributed by atoms with van der Waals surface area (Å²) < 4.78 is 15.8. The van der Waals surface area contributed by atoms with Gasteiger partial charge in [-0.25, -0.2) is 4.99 Å². The van der Waals surface area contributed by atoms with Crippen LogP contribution >= 0.6 is 24.0 Å². The van der Waals surface area contributed by atoms with Crippen molar-refractivity contribution >= 4 is 35.6 Å². The molecule has 1 aliphatic rings. The van der Waals surface area contributed by atoms with Crippen LogP contribution in [0.25, 0.3) is 0 Å². The number of hydrogen-bond donors (Lipinski definition) is 2. The van der Waals surface area contributed by atoms with E-state index in [1.165, 1.54) is 0 Å². The highest BCUT2D eigenvalue weighted by Gasteiger charge is 2.07. The van der Waals surface area contributed by atoms with Crippen LogP contribution in [0.5, 0.6) is 11.5 Å². The van der Waals surface area contributed by atoms with E-state index >= 15 is 0 Å². The number of benzene rings is 1. The average Bonchev–Trinajstić information content (AvgIpc) is 2.54. The van der Waals surface area contributed by atoms with Crippen LogP contribution < -0.4 is 20.5 Å². The van der Waals surface area contributed by atoms with Gasteiger partial charge in [0.15, 0.2) is 5.96 Å². The molecule has 0 amide bonds. The monoisotopic (exact) mass is 419 g/mol. The molecule has 1 aromatic rings. The van der Waals surface area contributed by atoms with Crippen LogP contribution in [0.15, 0.2) is 34.8 Å². The molecule has 3 N–H and O–H groups in total. The van der Waals surface area contributed by atoms with Crippen LogP contribution in [-0.4, -0.2) is 39.9 Å². The van der Waals surface area contributed by atoms with Gasteiger partial charge in [0.2, 0.25) is 0 Å². The topological polar surface area (TPSA) is 78.1 Å². The van der Waals surface area contributed by atoms with Crippen LogP contribution in [-0.2, 0) is 4.74 Å². The summed E-state index contributed by atoms with van der Waals surface area (Å²) in [5, 5.41) is 3.03. The van der Waals surface area contributed by atoms with Gasteiger partial charge in [0.05, 0.1) is 39.7 Å². The summed E-state index contributed by atoms with van der Waals surface area (Å²) in [6, 6.07) is 5.44. The molecule has 0 saturated heterocycles. The fourth-order valence-corrected chi connectivity index (χ4v) is 1.99. The quantitative estimate of drug-likeness (QED) is 0.332. The fourth-order valence-electron chi connectivity index (χ4n) is 1.99. The summed E-state index contributed by atoms with van der Waals surface area (Å²) in [6.45, 7) is 1.94. The molecule has 122 valence electrons. The Bertz CT molecular complexity index is 547. The van der Waals surface area contributed by atoms with Crippen LogP contribution in [0, 0.1) is 0 Å². The molecule has 0 bridgehead atoms. The third-order valence-corrected chi connectivity index (χ3v) is 3.10. The number of halogens is 1. The molecule has 0 radical (unpaired) electrons. The molecule has 0 fully saturated rings. The lowest BCUT2D eigenvalue weighted by Crippen LogP contribution is -2.24. The zero-order valence-electron chi connectivity index (χ0n) is 12.8. The van der Waals surface area contributed by atoms with Crippen LogP contribution in [0.4, 0.5) is 5.69 Å². The van der Waals surface area contributed by atoms with E-state index in [-0.39, 0.29) is 24.0 Å². The molecule has 0 spiro atoms. The number of hydrogen-bond acceptors (Lipinski definition) is 4. The molecule has 0 aliphatic carbocycles. The Hall–Kier alpha value is -1.48. The van der Waals surface area contributed by atoms with Gasteiger partial charge < -0.3 is 25.3 Å². The number of methoxy groups -OCH3 is 2. The molecule has 0 saturated carbocycles. The minimum absolute atomic E-state index is 0. The molecule has 0 aromatic heterocycles. The smallest absolute Gasteiger partial charge is 0.193 e. The largest absolute Gasteiger partial charge is 0.497 e. The van der Waals surface area contributed by atoms with E-state index in [1.54, 1.807) is 14.2 Å². The Balaban J connectivity index is 0.00000242. The molecule has 6 nitrogen and oxygen atoms in total. The van der Waals surface area contributed by atoms with E-state index in [1.807, 2.05) is 18.2 Å². The lowest BCUT2D eigenvalue weighted by atomic mass is 10.2. The minimum atomic E-state index is 0.